The highest BCUT2D eigenvalue weighted by Gasteiger charge is 2.45. The highest BCUT2D eigenvalue weighted by Crippen LogP contribution is 2.58. The summed E-state index contributed by atoms with van der Waals surface area (Å²) in [5.74, 6) is 0. The summed E-state index contributed by atoms with van der Waals surface area (Å²) in [7, 11) is -1.94. The summed E-state index contributed by atoms with van der Waals surface area (Å²) >= 11 is 12.8. The zero-order valence-electron chi connectivity index (χ0n) is 16.2. The van der Waals surface area contributed by atoms with Gasteiger partial charge in [-0.3, -0.25) is 0 Å². The van der Waals surface area contributed by atoms with E-state index in [4.69, 9.17) is 23.2 Å². The highest BCUT2D eigenvalue weighted by molar-refractivity contribution is 7.95. The fourth-order valence-electron chi connectivity index (χ4n) is 3.67. The molecule has 0 aliphatic heterocycles. The molecule has 154 valence electrons. The van der Waals surface area contributed by atoms with Gasteiger partial charge in [-0.05, 0) is 48.5 Å². The van der Waals surface area contributed by atoms with Crippen LogP contribution in [0.1, 0.15) is 5.56 Å². The van der Waals surface area contributed by atoms with Gasteiger partial charge in [-0.2, -0.15) is 0 Å². The lowest BCUT2D eigenvalue weighted by molar-refractivity contribution is -0.00000644. The molecule has 1 nitrogen and oxygen atoms in total. The van der Waals surface area contributed by atoms with Crippen LogP contribution in [-0.4, -0.2) is 5.48 Å². The van der Waals surface area contributed by atoms with Gasteiger partial charge in [0.15, 0.2) is 0 Å². The van der Waals surface area contributed by atoms with E-state index in [0.29, 0.717) is 5.02 Å². The Balaban J connectivity index is 0.00000160. The van der Waals surface area contributed by atoms with Crippen molar-refractivity contribution in [3.05, 3.63) is 125 Å². The standard InChI is InChI=1S/C25H20Cl2P.ClH.H2O/c26-21-17-16-20(25(27)18-21)19-28(22-10-4-1-5-11-22,23-12-6-2-7-13-23)24-14-8-3-9-15-24;;/h1-18H,19H2;1H;1H2/q+1;;/p-1. The maximum atomic E-state index is 6.63. The molecule has 0 aliphatic rings. The van der Waals surface area contributed by atoms with Crippen molar-refractivity contribution in [3.8, 4) is 0 Å². The van der Waals surface area contributed by atoms with E-state index in [-0.39, 0.29) is 17.9 Å². The lowest BCUT2D eigenvalue weighted by Crippen LogP contribution is -3.00. The van der Waals surface area contributed by atoms with Crippen LogP contribution in [0.4, 0.5) is 0 Å². The molecule has 0 unspecified atom stereocenters. The lowest BCUT2D eigenvalue weighted by atomic mass is 10.2. The van der Waals surface area contributed by atoms with E-state index in [1.807, 2.05) is 12.1 Å². The molecule has 0 saturated carbocycles. The number of rotatable bonds is 5. The van der Waals surface area contributed by atoms with Gasteiger partial charge in [0.1, 0.15) is 23.2 Å². The Bertz CT molecular complexity index is 961. The molecular weight excluding hydrogens is 454 g/mol. The lowest BCUT2D eigenvalue weighted by Gasteiger charge is -2.28. The molecule has 0 atom stereocenters. The molecule has 0 amide bonds. The molecule has 30 heavy (non-hydrogen) atoms. The smallest absolute Gasteiger partial charge is 0.116 e. The topological polar surface area (TPSA) is 31.5 Å². The largest absolute Gasteiger partial charge is 1.00 e. The van der Waals surface area contributed by atoms with Crippen molar-refractivity contribution in [1.29, 1.82) is 0 Å². The molecule has 5 heteroatoms. The molecule has 4 aromatic rings. The van der Waals surface area contributed by atoms with Crippen molar-refractivity contribution in [1.82, 2.24) is 0 Å². The predicted octanol–water partition coefficient (Wildman–Crippen LogP) is 2.67. The molecule has 0 aromatic heterocycles. The van der Waals surface area contributed by atoms with Gasteiger partial charge < -0.3 is 17.9 Å². The summed E-state index contributed by atoms with van der Waals surface area (Å²) in [6.07, 6.45) is 0.848. The molecular formula is C25H22Cl3OP. The molecule has 0 aliphatic carbocycles. The molecule has 0 fully saturated rings. The molecule has 0 heterocycles. The van der Waals surface area contributed by atoms with Gasteiger partial charge >= 0.3 is 0 Å². The van der Waals surface area contributed by atoms with Gasteiger partial charge in [0.25, 0.3) is 0 Å². The zero-order chi connectivity index (χ0) is 19.4. The highest BCUT2D eigenvalue weighted by atomic mass is 35.5. The van der Waals surface area contributed by atoms with Gasteiger partial charge in [-0.25, -0.2) is 0 Å². The minimum Gasteiger partial charge on any atom is -1.00 e. The van der Waals surface area contributed by atoms with Crippen molar-refractivity contribution < 1.29 is 17.9 Å². The van der Waals surface area contributed by atoms with Crippen LogP contribution in [-0.2, 0) is 6.16 Å². The quantitative estimate of drug-likeness (QED) is 0.398. The van der Waals surface area contributed by atoms with Crippen LogP contribution in [0, 0.1) is 0 Å². The molecule has 0 saturated heterocycles. The molecule has 2 N–H and O–H groups in total. The average Bonchev–Trinajstić information content (AvgIpc) is 2.75. The van der Waals surface area contributed by atoms with E-state index in [9.17, 15) is 0 Å². The minimum atomic E-state index is -1.94. The van der Waals surface area contributed by atoms with E-state index in [1.165, 1.54) is 15.9 Å². The Hall–Kier alpha value is -1.86. The second-order valence-corrected chi connectivity index (χ2v) is 11.0. The van der Waals surface area contributed by atoms with E-state index < -0.39 is 7.26 Å². The van der Waals surface area contributed by atoms with Crippen LogP contribution in [0.2, 0.25) is 10.0 Å². The fraction of sp³-hybridized carbons (Fsp3) is 0.0400. The van der Waals surface area contributed by atoms with Crippen molar-refractivity contribution in [3.63, 3.8) is 0 Å². The Morgan fingerprint density at radius 1 is 0.567 bits per heavy atom. The summed E-state index contributed by atoms with van der Waals surface area (Å²) in [6.45, 7) is 0. The summed E-state index contributed by atoms with van der Waals surface area (Å²) in [6, 6.07) is 38.3. The van der Waals surface area contributed by atoms with Crippen molar-refractivity contribution in [2.75, 3.05) is 0 Å². The third kappa shape index (κ3) is 4.89. The summed E-state index contributed by atoms with van der Waals surface area (Å²) in [5, 5.41) is 5.42. The van der Waals surface area contributed by atoms with Gasteiger partial charge in [0.05, 0.1) is 6.16 Å². The van der Waals surface area contributed by atoms with Crippen LogP contribution in [0.5, 0.6) is 0 Å². The Kier molecular flexibility index (Phi) is 8.92. The summed E-state index contributed by atoms with van der Waals surface area (Å²) < 4.78 is 0. The molecule has 0 spiro atoms. The van der Waals surface area contributed by atoms with E-state index in [0.717, 1.165) is 16.7 Å². The van der Waals surface area contributed by atoms with Crippen molar-refractivity contribution in [2.45, 2.75) is 6.16 Å². The van der Waals surface area contributed by atoms with Crippen LogP contribution in [0.25, 0.3) is 0 Å². The molecule has 0 bridgehead atoms. The first-order valence-electron chi connectivity index (χ1n) is 9.19. The van der Waals surface area contributed by atoms with Gasteiger partial charge in [0, 0.05) is 15.6 Å². The second-order valence-electron chi connectivity index (χ2n) is 6.71. The molecule has 4 aromatic carbocycles. The number of halogens is 3. The Morgan fingerprint density at radius 3 is 1.33 bits per heavy atom. The predicted molar refractivity (Wildman–Crippen MR) is 129 cm³/mol. The Morgan fingerprint density at radius 2 is 0.967 bits per heavy atom. The normalized spacial score (nSPS) is 10.6. The van der Waals surface area contributed by atoms with Crippen LogP contribution in [0.3, 0.4) is 0 Å². The van der Waals surface area contributed by atoms with E-state index >= 15 is 0 Å². The van der Waals surface area contributed by atoms with Gasteiger partial charge in [0.2, 0.25) is 0 Å². The molecule has 4 rings (SSSR count). The van der Waals surface area contributed by atoms with Crippen LogP contribution < -0.4 is 28.3 Å². The average molecular weight is 476 g/mol. The first-order valence-corrected chi connectivity index (χ1v) is 11.9. The number of benzene rings is 4. The van der Waals surface area contributed by atoms with Gasteiger partial charge in [-0.15, -0.1) is 0 Å². The van der Waals surface area contributed by atoms with E-state index in [2.05, 4.69) is 97.1 Å². The third-order valence-electron chi connectivity index (χ3n) is 5.01. The van der Waals surface area contributed by atoms with Crippen molar-refractivity contribution >= 4 is 46.4 Å². The van der Waals surface area contributed by atoms with Crippen LogP contribution >= 0.6 is 30.5 Å². The van der Waals surface area contributed by atoms with Crippen molar-refractivity contribution in [2.24, 2.45) is 0 Å². The van der Waals surface area contributed by atoms with E-state index in [1.54, 1.807) is 0 Å². The fourth-order valence-corrected chi connectivity index (χ4v) is 8.51. The third-order valence-corrected chi connectivity index (χ3v) is 9.95. The number of hydrogen-bond donors (Lipinski definition) is 0. The minimum absolute atomic E-state index is 0. The maximum Gasteiger partial charge on any atom is 0.116 e. The second kappa shape index (κ2) is 11.0. The monoisotopic (exact) mass is 474 g/mol. The number of hydrogen-bond acceptors (Lipinski definition) is 0. The molecule has 0 radical (unpaired) electrons. The zero-order valence-corrected chi connectivity index (χ0v) is 19.3. The summed E-state index contributed by atoms with van der Waals surface area (Å²) in [4.78, 5) is 0. The first-order chi connectivity index (χ1) is 13.7. The maximum absolute atomic E-state index is 6.63. The van der Waals surface area contributed by atoms with Gasteiger partial charge in [-0.1, -0.05) is 83.9 Å². The first kappa shape index (κ1) is 24.4. The SMILES string of the molecule is Clc1ccc(C[P+](c2ccccc2)(c2ccccc2)c2ccccc2)c(Cl)c1.O.[Cl-]. The summed E-state index contributed by atoms with van der Waals surface area (Å²) in [5.41, 5.74) is 1.12. The van der Waals surface area contributed by atoms with Crippen LogP contribution in [0.15, 0.2) is 109 Å². The Labute approximate surface area is 194 Å².